The number of carbonyl (C=O) groups excluding carboxylic acids is 1. The SMILES string of the molecule is CCOC(=O)CCNCc1csc(-c2ccsc2)n1. The van der Waals surface area contributed by atoms with Crippen LogP contribution in [0.1, 0.15) is 19.0 Å². The third-order valence-electron chi connectivity index (χ3n) is 2.44. The molecule has 0 spiro atoms. The minimum atomic E-state index is -0.160. The van der Waals surface area contributed by atoms with E-state index in [-0.39, 0.29) is 5.97 Å². The van der Waals surface area contributed by atoms with E-state index in [1.807, 2.05) is 17.7 Å². The predicted molar refractivity (Wildman–Crippen MR) is 78.4 cm³/mol. The van der Waals surface area contributed by atoms with Crippen molar-refractivity contribution in [2.75, 3.05) is 13.2 Å². The molecule has 19 heavy (non-hydrogen) atoms. The van der Waals surface area contributed by atoms with Gasteiger partial charge in [-0.25, -0.2) is 4.98 Å². The largest absolute Gasteiger partial charge is 0.466 e. The molecule has 0 aliphatic carbocycles. The Balaban J connectivity index is 1.74. The second-order valence-electron chi connectivity index (χ2n) is 3.89. The van der Waals surface area contributed by atoms with E-state index < -0.39 is 0 Å². The van der Waals surface area contributed by atoms with Gasteiger partial charge in [-0.1, -0.05) is 0 Å². The summed E-state index contributed by atoms with van der Waals surface area (Å²) < 4.78 is 4.86. The van der Waals surface area contributed by atoms with Crippen molar-refractivity contribution in [3.63, 3.8) is 0 Å². The van der Waals surface area contributed by atoms with Crippen molar-refractivity contribution in [3.05, 3.63) is 27.9 Å². The zero-order chi connectivity index (χ0) is 13.5. The number of nitrogens with zero attached hydrogens (tertiary/aromatic N) is 1. The Morgan fingerprint density at radius 3 is 3.11 bits per heavy atom. The Bertz CT molecular complexity index is 508. The molecule has 0 aliphatic heterocycles. The lowest BCUT2D eigenvalue weighted by molar-refractivity contribution is -0.142. The highest BCUT2D eigenvalue weighted by Crippen LogP contribution is 2.25. The number of esters is 1. The fourth-order valence-electron chi connectivity index (χ4n) is 1.55. The summed E-state index contributed by atoms with van der Waals surface area (Å²) >= 11 is 3.32. The van der Waals surface area contributed by atoms with Gasteiger partial charge in [0.15, 0.2) is 0 Å². The second-order valence-corrected chi connectivity index (χ2v) is 5.53. The number of rotatable bonds is 7. The maximum Gasteiger partial charge on any atom is 0.307 e. The van der Waals surface area contributed by atoms with Crippen LogP contribution in [0.25, 0.3) is 10.6 Å². The van der Waals surface area contributed by atoms with E-state index in [9.17, 15) is 4.79 Å². The van der Waals surface area contributed by atoms with Gasteiger partial charge in [0.05, 0.1) is 18.7 Å². The summed E-state index contributed by atoms with van der Waals surface area (Å²) in [6, 6.07) is 2.07. The number of ether oxygens (including phenoxy) is 1. The first-order chi connectivity index (χ1) is 9.29. The number of thiophene rings is 1. The predicted octanol–water partition coefficient (Wildman–Crippen LogP) is 2.91. The lowest BCUT2D eigenvalue weighted by Crippen LogP contribution is -2.19. The summed E-state index contributed by atoms with van der Waals surface area (Å²) in [6.45, 7) is 3.55. The molecule has 2 rings (SSSR count). The van der Waals surface area contributed by atoms with Gasteiger partial charge >= 0.3 is 5.97 Å². The van der Waals surface area contributed by atoms with E-state index in [1.165, 1.54) is 5.56 Å². The normalized spacial score (nSPS) is 10.6. The van der Waals surface area contributed by atoms with Gasteiger partial charge < -0.3 is 10.1 Å². The van der Waals surface area contributed by atoms with Crippen LogP contribution in [-0.4, -0.2) is 24.1 Å². The summed E-state index contributed by atoms with van der Waals surface area (Å²) in [5, 5.41) is 10.4. The van der Waals surface area contributed by atoms with Crippen molar-refractivity contribution in [1.82, 2.24) is 10.3 Å². The van der Waals surface area contributed by atoms with Crippen molar-refractivity contribution in [3.8, 4) is 10.6 Å². The van der Waals surface area contributed by atoms with Crippen LogP contribution in [-0.2, 0) is 16.1 Å². The molecule has 0 bridgehead atoms. The van der Waals surface area contributed by atoms with E-state index in [2.05, 4.69) is 21.7 Å². The number of carbonyl (C=O) groups is 1. The van der Waals surface area contributed by atoms with Crippen LogP contribution in [0.15, 0.2) is 22.2 Å². The van der Waals surface area contributed by atoms with Gasteiger partial charge in [0.25, 0.3) is 0 Å². The van der Waals surface area contributed by atoms with Crippen molar-refractivity contribution in [2.24, 2.45) is 0 Å². The van der Waals surface area contributed by atoms with E-state index in [4.69, 9.17) is 4.74 Å². The molecule has 0 aliphatic rings. The highest BCUT2D eigenvalue weighted by Gasteiger charge is 2.05. The first kappa shape index (κ1) is 14.2. The van der Waals surface area contributed by atoms with Crippen LogP contribution in [0.2, 0.25) is 0 Å². The van der Waals surface area contributed by atoms with Gasteiger partial charge in [0.2, 0.25) is 0 Å². The van der Waals surface area contributed by atoms with Gasteiger partial charge in [-0.15, -0.1) is 11.3 Å². The summed E-state index contributed by atoms with van der Waals surface area (Å²) in [4.78, 5) is 15.7. The van der Waals surface area contributed by atoms with Gasteiger partial charge in [-0.2, -0.15) is 11.3 Å². The summed E-state index contributed by atoms with van der Waals surface area (Å²) in [7, 11) is 0. The molecular formula is C13H16N2O2S2. The highest BCUT2D eigenvalue weighted by molar-refractivity contribution is 7.14. The topological polar surface area (TPSA) is 51.2 Å². The Hall–Kier alpha value is -1.24. The molecule has 4 nitrogen and oxygen atoms in total. The monoisotopic (exact) mass is 296 g/mol. The standard InChI is InChI=1S/C13H16N2O2S2/c1-2-17-12(16)3-5-14-7-11-9-19-13(15-11)10-4-6-18-8-10/h4,6,8-9,14H,2-3,5,7H2,1H3. The van der Waals surface area contributed by atoms with E-state index in [0.717, 1.165) is 10.7 Å². The molecule has 0 fully saturated rings. The van der Waals surface area contributed by atoms with Crippen molar-refractivity contribution in [2.45, 2.75) is 19.9 Å². The van der Waals surface area contributed by atoms with Gasteiger partial charge in [-0.05, 0) is 18.4 Å². The summed E-state index contributed by atoms with van der Waals surface area (Å²) in [5.74, 6) is -0.160. The molecule has 0 unspecified atom stereocenters. The van der Waals surface area contributed by atoms with Crippen molar-refractivity contribution < 1.29 is 9.53 Å². The Kier molecular flexibility index (Phi) is 5.50. The van der Waals surface area contributed by atoms with Gasteiger partial charge in [0.1, 0.15) is 5.01 Å². The molecule has 0 radical (unpaired) electrons. The molecule has 2 aromatic rings. The molecule has 2 aromatic heterocycles. The molecule has 0 atom stereocenters. The van der Waals surface area contributed by atoms with Crippen LogP contribution in [0.5, 0.6) is 0 Å². The van der Waals surface area contributed by atoms with Crippen LogP contribution < -0.4 is 5.32 Å². The number of nitrogens with one attached hydrogen (secondary N) is 1. The first-order valence-electron chi connectivity index (χ1n) is 6.13. The summed E-state index contributed by atoms with van der Waals surface area (Å²) in [6.07, 6.45) is 0.398. The number of hydrogen-bond donors (Lipinski definition) is 1. The molecule has 0 amide bonds. The van der Waals surface area contributed by atoms with E-state index in [1.54, 1.807) is 22.7 Å². The lowest BCUT2D eigenvalue weighted by Gasteiger charge is -2.02. The van der Waals surface area contributed by atoms with Crippen molar-refractivity contribution >= 4 is 28.6 Å². The van der Waals surface area contributed by atoms with Gasteiger partial charge in [-0.3, -0.25) is 4.79 Å². The molecule has 0 saturated carbocycles. The highest BCUT2D eigenvalue weighted by atomic mass is 32.1. The van der Waals surface area contributed by atoms with Crippen LogP contribution in [0.3, 0.4) is 0 Å². The lowest BCUT2D eigenvalue weighted by atomic mass is 10.3. The molecular weight excluding hydrogens is 280 g/mol. The molecule has 1 N–H and O–H groups in total. The summed E-state index contributed by atoms with van der Waals surface area (Å²) in [5.41, 5.74) is 2.18. The average molecular weight is 296 g/mol. The van der Waals surface area contributed by atoms with E-state index in [0.29, 0.717) is 26.1 Å². The average Bonchev–Trinajstić information content (AvgIpc) is 3.05. The molecule has 102 valence electrons. The second kappa shape index (κ2) is 7.37. The maximum absolute atomic E-state index is 11.1. The quantitative estimate of drug-likeness (QED) is 0.630. The molecule has 2 heterocycles. The van der Waals surface area contributed by atoms with E-state index >= 15 is 0 Å². The molecule has 0 aromatic carbocycles. The van der Waals surface area contributed by atoms with Crippen LogP contribution in [0, 0.1) is 0 Å². The number of thiazole rings is 1. The Morgan fingerprint density at radius 2 is 2.37 bits per heavy atom. The minimum absolute atomic E-state index is 0.160. The van der Waals surface area contributed by atoms with Crippen molar-refractivity contribution in [1.29, 1.82) is 0 Å². The van der Waals surface area contributed by atoms with Crippen LogP contribution in [0.4, 0.5) is 0 Å². The number of hydrogen-bond acceptors (Lipinski definition) is 6. The molecule has 6 heteroatoms. The molecule has 0 saturated heterocycles. The smallest absolute Gasteiger partial charge is 0.307 e. The van der Waals surface area contributed by atoms with Gasteiger partial charge in [0, 0.05) is 29.4 Å². The fourth-order valence-corrected chi connectivity index (χ4v) is 3.08. The fraction of sp³-hybridized carbons (Fsp3) is 0.385. The first-order valence-corrected chi connectivity index (χ1v) is 7.95. The number of aromatic nitrogens is 1. The zero-order valence-electron chi connectivity index (χ0n) is 10.7. The zero-order valence-corrected chi connectivity index (χ0v) is 12.4. The van der Waals surface area contributed by atoms with Crippen LogP contribution >= 0.6 is 22.7 Å². The Labute approximate surface area is 120 Å². The maximum atomic E-state index is 11.1. The Morgan fingerprint density at radius 1 is 1.47 bits per heavy atom. The minimum Gasteiger partial charge on any atom is -0.466 e. The third-order valence-corrected chi connectivity index (χ3v) is 4.06. The third kappa shape index (κ3) is 4.41.